The number of carbonyl (C=O) groups excluding carboxylic acids is 1. The smallest absolute Gasteiger partial charge is 0.268 e. The molecular weight excluding hydrogens is 580 g/mol. The minimum atomic E-state index is -4.37. The van der Waals surface area contributed by atoms with Crippen LogP contribution in [0, 0.1) is 17.6 Å². The number of hydrogen-bond acceptors (Lipinski definition) is 8. The molecule has 43 heavy (non-hydrogen) atoms. The normalized spacial score (nSPS) is 21.8. The van der Waals surface area contributed by atoms with Gasteiger partial charge in [-0.2, -0.15) is 4.39 Å². The molecule has 3 fully saturated rings. The highest BCUT2D eigenvalue weighted by atomic mass is 32.2. The topological polar surface area (TPSA) is 107 Å². The molecule has 1 aromatic heterocycles. The number of ether oxygens (including phenoxy) is 3. The predicted molar refractivity (Wildman–Crippen MR) is 153 cm³/mol. The first kappa shape index (κ1) is 29.3. The molecule has 6 rings (SSSR count). The highest BCUT2D eigenvalue weighted by Gasteiger charge is 2.45. The van der Waals surface area contributed by atoms with Gasteiger partial charge in [0.25, 0.3) is 15.9 Å². The van der Waals surface area contributed by atoms with Crippen LogP contribution in [0.3, 0.4) is 0 Å². The number of halogens is 2. The van der Waals surface area contributed by atoms with Gasteiger partial charge in [0.2, 0.25) is 5.82 Å². The molecule has 9 nitrogen and oxygen atoms in total. The second-order valence-electron chi connectivity index (χ2n) is 11.4. The van der Waals surface area contributed by atoms with Crippen molar-refractivity contribution in [1.29, 1.82) is 0 Å². The van der Waals surface area contributed by atoms with E-state index in [0.717, 1.165) is 44.6 Å². The van der Waals surface area contributed by atoms with E-state index in [2.05, 4.69) is 9.88 Å². The second kappa shape index (κ2) is 11.7. The van der Waals surface area contributed by atoms with Crippen molar-refractivity contribution >= 4 is 15.9 Å². The van der Waals surface area contributed by atoms with Crippen LogP contribution in [0.1, 0.15) is 61.2 Å². The standard InChI is InChI=1S/C31H33F2N3O6S/c1-2-26(25-11-7-22(17-34-25)40-18-20-3-4-20)41-27-12-10-24(28(32)29(27)33)30(37)35-43(38,39)23-8-5-21(6-9-23)42-31-13-15-36(19-31)16-14-31/h5-12,17,20,26H,2-4,13-16,18-19H2,1H3,(H,35,37)/t26-/m1/s1. The van der Waals surface area contributed by atoms with Crippen molar-refractivity contribution in [1.82, 2.24) is 14.6 Å². The highest BCUT2D eigenvalue weighted by molar-refractivity contribution is 7.90. The summed E-state index contributed by atoms with van der Waals surface area (Å²) in [6.45, 7) is 5.24. The van der Waals surface area contributed by atoms with Gasteiger partial charge < -0.3 is 14.2 Å². The summed E-state index contributed by atoms with van der Waals surface area (Å²) in [7, 11) is -4.37. The number of rotatable bonds is 12. The van der Waals surface area contributed by atoms with Gasteiger partial charge in [0.05, 0.1) is 29.0 Å². The van der Waals surface area contributed by atoms with Crippen molar-refractivity contribution in [2.24, 2.45) is 5.92 Å². The zero-order valence-corrected chi connectivity index (χ0v) is 24.5. The van der Waals surface area contributed by atoms with Crippen molar-refractivity contribution in [2.45, 2.75) is 55.6 Å². The minimum Gasteiger partial charge on any atom is -0.492 e. The zero-order valence-electron chi connectivity index (χ0n) is 23.7. The van der Waals surface area contributed by atoms with Crippen LogP contribution >= 0.6 is 0 Å². The molecule has 0 unspecified atom stereocenters. The SMILES string of the molecule is CC[C@@H](Oc1ccc(C(=O)NS(=O)(=O)c2ccc(OC34CCN(CC3)C4)cc2)c(F)c1F)c1ccc(OCC2CC2)cn1. The summed E-state index contributed by atoms with van der Waals surface area (Å²) < 4.78 is 75.1. The third-order valence-electron chi connectivity index (χ3n) is 8.18. The van der Waals surface area contributed by atoms with Crippen LogP contribution in [0.2, 0.25) is 0 Å². The van der Waals surface area contributed by atoms with E-state index in [1.165, 1.54) is 37.1 Å². The zero-order chi connectivity index (χ0) is 30.2. The average Bonchev–Trinajstić information content (AvgIpc) is 3.64. The first-order valence-electron chi connectivity index (χ1n) is 14.5. The molecule has 1 amide bonds. The number of sulfonamides is 1. The molecule has 3 aromatic rings. The summed E-state index contributed by atoms with van der Waals surface area (Å²) >= 11 is 0. The largest absolute Gasteiger partial charge is 0.492 e. The number of piperidine rings is 1. The van der Waals surface area contributed by atoms with E-state index < -0.39 is 45.0 Å². The van der Waals surface area contributed by atoms with Crippen molar-refractivity contribution in [3.05, 3.63) is 77.6 Å². The number of pyridine rings is 1. The van der Waals surface area contributed by atoms with Crippen LogP contribution < -0.4 is 18.9 Å². The van der Waals surface area contributed by atoms with E-state index in [0.29, 0.717) is 36.1 Å². The molecule has 228 valence electrons. The van der Waals surface area contributed by atoms with E-state index >= 15 is 8.78 Å². The molecule has 0 spiro atoms. The molecule has 3 heterocycles. The van der Waals surface area contributed by atoms with Gasteiger partial charge in [-0.3, -0.25) is 14.7 Å². The molecule has 12 heteroatoms. The van der Waals surface area contributed by atoms with Crippen LogP contribution in [0.25, 0.3) is 0 Å². The Bertz CT molecular complexity index is 1590. The predicted octanol–water partition coefficient (Wildman–Crippen LogP) is 5.02. The average molecular weight is 614 g/mol. The van der Waals surface area contributed by atoms with Crippen LogP contribution in [-0.4, -0.2) is 56.1 Å². The van der Waals surface area contributed by atoms with Gasteiger partial charge in [0.15, 0.2) is 11.6 Å². The minimum absolute atomic E-state index is 0.215. The molecule has 3 aliphatic rings. The van der Waals surface area contributed by atoms with Gasteiger partial charge >= 0.3 is 0 Å². The lowest BCUT2D eigenvalue weighted by atomic mass is 10.00. The summed E-state index contributed by atoms with van der Waals surface area (Å²) in [5, 5.41) is 0. The van der Waals surface area contributed by atoms with E-state index in [1.807, 2.05) is 4.72 Å². The first-order chi connectivity index (χ1) is 20.6. The van der Waals surface area contributed by atoms with Crippen LogP contribution in [0.5, 0.6) is 17.2 Å². The van der Waals surface area contributed by atoms with E-state index in [9.17, 15) is 13.2 Å². The van der Waals surface area contributed by atoms with Gasteiger partial charge in [0.1, 0.15) is 23.2 Å². The summed E-state index contributed by atoms with van der Waals surface area (Å²) in [4.78, 5) is 19.2. The fraction of sp³-hybridized carbons (Fsp3) is 0.419. The Hall–Kier alpha value is -3.77. The fourth-order valence-electron chi connectivity index (χ4n) is 5.46. The fourth-order valence-corrected chi connectivity index (χ4v) is 6.43. The van der Waals surface area contributed by atoms with Crippen molar-refractivity contribution in [3.8, 4) is 17.2 Å². The third-order valence-corrected chi connectivity index (χ3v) is 9.52. The number of nitrogens with zero attached hydrogens (tertiary/aromatic N) is 2. The summed E-state index contributed by atoms with van der Waals surface area (Å²) in [5.41, 5.74) is -0.532. The molecule has 2 bridgehead atoms. The molecular formula is C31H33F2N3O6S. The Labute approximate surface area is 249 Å². The van der Waals surface area contributed by atoms with Crippen LogP contribution in [0.4, 0.5) is 8.78 Å². The molecule has 1 aliphatic carbocycles. The first-order valence-corrected chi connectivity index (χ1v) is 15.9. The van der Waals surface area contributed by atoms with Crippen molar-refractivity contribution < 1.29 is 36.2 Å². The molecule has 2 aliphatic heterocycles. The lowest BCUT2D eigenvalue weighted by Crippen LogP contribution is -2.34. The number of benzene rings is 2. The van der Waals surface area contributed by atoms with Gasteiger partial charge in [-0.1, -0.05) is 6.92 Å². The number of amides is 1. The molecule has 2 aromatic carbocycles. The highest BCUT2D eigenvalue weighted by Crippen LogP contribution is 2.37. The monoisotopic (exact) mass is 613 g/mol. The Morgan fingerprint density at radius 2 is 1.77 bits per heavy atom. The summed E-state index contributed by atoms with van der Waals surface area (Å²) in [6, 6.07) is 11.2. The molecule has 2 saturated heterocycles. The third kappa shape index (κ3) is 6.45. The Kier molecular flexibility index (Phi) is 7.99. The van der Waals surface area contributed by atoms with Crippen molar-refractivity contribution in [3.63, 3.8) is 0 Å². The van der Waals surface area contributed by atoms with E-state index in [1.54, 1.807) is 25.3 Å². The Morgan fingerprint density at radius 3 is 2.37 bits per heavy atom. The quantitative estimate of drug-likeness (QED) is 0.304. The number of fused-ring (bicyclic) bond motifs is 2. The van der Waals surface area contributed by atoms with Gasteiger partial charge in [-0.05, 0) is 73.7 Å². The number of hydrogen-bond donors (Lipinski definition) is 1. The number of nitrogens with one attached hydrogen (secondary N) is 1. The maximum atomic E-state index is 15.0. The summed E-state index contributed by atoms with van der Waals surface area (Å²) in [5.74, 6) is -2.94. The maximum absolute atomic E-state index is 15.0. The number of aromatic nitrogens is 1. The van der Waals surface area contributed by atoms with Crippen LogP contribution in [-0.2, 0) is 10.0 Å². The lowest BCUT2D eigenvalue weighted by molar-refractivity contribution is 0.0967. The molecule has 1 atom stereocenters. The van der Waals surface area contributed by atoms with E-state index in [-0.39, 0.29) is 10.5 Å². The molecule has 0 radical (unpaired) electrons. The molecule has 1 saturated carbocycles. The Balaban J connectivity index is 1.10. The van der Waals surface area contributed by atoms with Gasteiger partial charge in [-0.25, -0.2) is 17.5 Å². The second-order valence-corrected chi connectivity index (χ2v) is 13.1. The lowest BCUT2D eigenvalue weighted by Gasteiger charge is -2.26. The number of carbonyl (C=O) groups is 1. The van der Waals surface area contributed by atoms with Crippen LogP contribution in [0.15, 0.2) is 59.6 Å². The maximum Gasteiger partial charge on any atom is 0.268 e. The summed E-state index contributed by atoms with van der Waals surface area (Å²) in [6.07, 6.45) is 5.42. The van der Waals surface area contributed by atoms with Crippen molar-refractivity contribution in [2.75, 3.05) is 26.2 Å². The Morgan fingerprint density at radius 1 is 1.05 bits per heavy atom. The molecule has 1 N–H and O–H groups in total. The van der Waals surface area contributed by atoms with Gasteiger partial charge in [0, 0.05) is 32.5 Å². The van der Waals surface area contributed by atoms with E-state index in [4.69, 9.17) is 14.2 Å². The van der Waals surface area contributed by atoms with Gasteiger partial charge in [-0.15, -0.1) is 0 Å².